The highest BCUT2D eigenvalue weighted by molar-refractivity contribution is 14.0. The van der Waals surface area contributed by atoms with Crippen LogP contribution in [-0.2, 0) is 13.1 Å². The largest absolute Gasteiger partial charge is 0.351 e. The normalized spacial score (nSPS) is 11.4. The quantitative estimate of drug-likeness (QED) is 0.362. The van der Waals surface area contributed by atoms with Crippen molar-refractivity contribution in [2.24, 2.45) is 4.99 Å². The van der Waals surface area contributed by atoms with Crippen LogP contribution in [0.25, 0.3) is 5.65 Å². The van der Waals surface area contributed by atoms with Crippen LogP contribution in [0.4, 0.5) is 0 Å². The van der Waals surface area contributed by atoms with Crippen LogP contribution in [0, 0.1) is 13.8 Å². The van der Waals surface area contributed by atoms with Crippen molar-refractivity contribution in [2.75, 3.05) is 14.1 Å². The maximum atomic E-state index is 4.64. The summed E-state index contributed by atoms with van der Waals surface area (Å²) in [7, 11) is 3.80. The molecule has 0 aromatic carbocycles. The molecule has 0 aliphatic heterocycles. The summed E-state index contributed by atoms with van der Waals surface area (Å²) < 4.78 is 2.10. The minimum atomic E-state index is 0. The number of hydrogen-bond donors (Lipinski definition) is 1. The second-order valence-corrected chi connectivity index (χ2v) is 6.80. The van der Waals surface area contributed by atoms with Crippen LogP contribution in [0.15, 0.2) is 34.8 Å². The Balaban J connectivity index is 0.00000225. The van der Waals surface area contributed by atoms with Crippen molar-refractivity contribution in [3.8, 4) is 0 Å². The average Bonchev–Trinajstić information content (AvgIpc) is 3.15. The van der Waals surface area contributed by atoms with Gasteiger partial charge in [0.15, 0.2) is 5.96 Å². The molecule has 0 unspecified atom stereocenters. The Bertz CT molecular complexity index is 869. The molecule has 8 heteroatoms. The number of nitrogens with zero attached hydrogens (tertiary/aromatic N) is 5. The highest BCUT2D eigenvalue weighted by atomic mass is 127. The van der Waals surface area contributed by atoms with Crippen LogP contribution >= 0.6 is 35.3 Å². The van der Waals surface area contributed by atoms with Gasteiger partial charge < -0.3 is 14.6 Å². The van der Waals surface area contributed by atoms with Crippen molar-refractivity contribution in [3.63, 3.8) is 0 Å². The van der Waals surface area contributed by atoms with Gasteiger partial charge in [0.2, 0.25) is 0 Å². The van der Waals surface area contributed by atoms with Crippen molar-refractivity contribution in [3.05, 3.63) is 51.9 Å². The summed E-state index contributed by atoms with van der Waals surface area (Å²) in [6.45, 7) is 5.46. The summed E-state index contributed by atoms with van der Waals surface area (Å²) in [5.41, 5.74) is 4.19. The van der Waals surface area contributed by atoms with Crippen LogP contribution in [0.3, 0.4) is 0 Å². The second-order valence-electron chi connectivity index (χ2n) is 5.74. The first kappa shape index (κ1) is 19.6. The summed E-state index contributed by atoms with van der Waals surface area (Å²) in [4.78, 5) is 15.6. The molecule has 0 radical (unpaired) electrons. The van der Waals surface area contributed by atoms with Crippen molar-refractivity contribution < 1.29 is 0 Å². The van der Waals surface area contributed by atoms with Crippen LogP contribution in [0.1, 0.15) is 22.1 Å². The molecule has 1 N–H and O–H groups in total. The van der Waals surface area contributed by atoms with Crippen LogP contribution in [0.2, 0.25) is 0 Å². The Morgan fingerprint density at radius 2 is 2.08 bits per heavy atom. The van der Waals surface area contributed by atoms with E-state index >= 15 is 0 Å². The second kappa shape index (κ2) is 8.61. The Hall–Kier alpha value is -1.68. The third-order valence-corrected chi connectivity index (χ3v) is 4.63. The summed E-state index contributed by atoms with van der Waals surface area (Å²) in [5.74, 6) is 0.828. The molecule has 0 fully saturated rings. The minimum Gasteiger partial charge on any atom is -0.351 e. The van der Waals surface area contributed by atoms with Gasteiger partial charge in [0, 0.05) is 31.4 Å². The molecular formula is C17H23IN6S. The number of imidazole rings is 1. The number of halogens is 1. The lowest BCUT2D eigenvalue weighted by Crippen LogP contribution is -2.38. The van der Waals surface area contributed by atoms with Crippen molar-refractivity contribution in [2.45, 2.75) is 26.9 Å². The summed E-state index contributed by atoms with van der Waals surface area (Å²) in [6, 6.07) is 6.12. The van der Waals surface area contributed by atoms with E-state index in [2.05, 4.69) is 54.1 Å². The number of aliphatic imine (C=N–C) groups is 1. The maximum Gasteiger partial charge on any atom is 0.194 e. The lowest BCUT2D eigenvalue weighted by atomic mass is 10.4. The highest BCUT2D eigenvalue weighted by Gasteiger charge is 2.10. The number of nitrogens with one attached hydrogen (secondary N) is 1. The van der Waals surface area contributed by atoms with Gasteiger partial charge in [0.25, 0.3) is 0 Å². The molecule has 3 aromatic heterocycles. The molecule has 0 saturated heterocycles. The number of pyridine rings is 1. The van der Waals surface area contributed by atoms with Crippen molar-refractivity contribution >= 4 is 46.9 Å². The Morgan fingerprint density at radius 1 is 1.28 bits per heavy atom. The van der Waals surface area contributed by atoms with E-state index in [1.54, 1.807) is 18.4 Å². The van der Waals surface area contributed by atoms with Gasteiger partial charge in [-0.05, 0) is 26.0 Å². The van der Waals surface area contributed by atoms with Gasteiger partial charge in [-0.2, -0.15) is 0 Å². The molecule has 134 valence electrons. The fourth-order valence-electron chi connectivity index (χ4n) is 2.64. The van der Waals surface area contributed by atoms with E-state index in [4.69, 9.17) is 0 Å². The van der Waals surface area contributed by atoms with Gasteiger partial charge >= 0.3 is 0 Å². The summed E-state index contributed by atoms with van der Waals surface area (Å²) in [5, 5.41) is 6.54. The molecule has 0 saturated carbocycles. The minimum absolute atomic E-state index is 0. The number of guanidine groups is 1. The predicted molar refractivity (Wildman–Crippen MR) is 114 cm³/mol. The van der Waals surface area contributed by atoms with Gasteiger partial charge in [-0.25, -0.2) is 9.97 Å². The van der Waals surface area contributed by atoms with E-state index in [1.165, 1.54) is 5.69 Å². The smallest absolute Gasteiger partial charge is 0.194 e. The summed E-state index contributed by atoms with van der Waals surface area (Å²) in [6.07, 6.45) is 2.06. The number of hydrogen-bond acceptors (Lipinski definition) is 4. The number of aromatic nitrogens is 3. The molecule has 0 amide bonds. The van der Waals surface area contributed by atoms with E-state index in [0.29, 0.717) is 6.54 Å². The molecule has 3 aromatic rings. The third kappa shape index (κ3) is 4.69. The van der Waals surface area contributed by atoms with E-state index in [0.717, 1.165) is 34.5 Å². The predicted octanol–water partition coefficient (Wildman–Crippen LogP) is 3.23. The zero-order chi connectivity index (χ0) is 17.1. The van der Waals surface area contributed by atoms with Gasteiger partial charge in [0.05, 0.1) is 29.5 Å². The molecular weight excluding hydrogens is 447 g/mol. The highest BCUT2D eigenvalue weighted by Crippen LogP contribution is 2.10. The molecule has 0 bridgehead atoms. The zero-order valence-electron chi connectivity index (χ0n) is 14.9. The first-order chi connectivity index (χ1) is 11.6. The molecule has 0 aliphatic carbocycles. The van der Waals surface area contributed by atoms with Gasteiger partial charge in [0.1, 0.15) is 5.65 Å². The first-order valence-electron chi connectivity index (χ1n) is 7.83. The van der Waals surface area contributed by atoms with E-state index in [9.17, 15) is 0 Å². The molecule has 0 aliphatic rings. The van der Waals surface area contributed by atoms with Gasteiger partial charge in [-0.3, -0.25) is 4.99 Å². The van der Waals surface area contributed by atoms with Gasteiger partial charge in [-0.1, -0.05) is 6.07 Å². The summed E-state index contributed by atoms with van der Waals surface area (Å²) >= 11 is 1.67. The van der Waals surface area contributed by atoms with E-state index in [1.807, 2.05) is 26.1 Å². The van der Waals surface area contributed by atoms with Crippen molar-refractivity contribution in [1.82, 2.24) is 24.6 Å². The monoisotopic (exact) mass is 470 g/mol. The zero-order valence-corrected chi connectivity index (χ0v) is 18.0. The molecule has 3 heterocycles. The standard InChI is InChI=1S/C17H22N6S.HI/c1-12-6-5-7-16-21-14(10-23(12)16)8-19-17(18-3)22(4)9-15-11-24-13(2)20-15;/h5-7,10-11H,8-9H2,1-4H3,(H,18,19);1H. The fourth-order valence-corrected chi connectivity index (χ4v) is 3.24. The number of rotatable bonds is 4. The lowest BCUT2D eigenvalue weighted by molar-refractivity contribution is 0.470. The Morgan fingerprint density at radius 3 is 2.72 bits per heavy atom. The molecule has 0 spiro atoms. The van der Waals surface area contributed by atoms with Crippen LogP contribution in [-0.4, -0.2) is 39.3 Å². The van der Waals surface area contributed by atoms with E-state index in [-0.39, 0.29) is 24.0 Å². The fraction of sp³-hybridized carbons (Fsp3) is 0.353. The lowest BCUT2D eigenvalue weighted by Gasteiger charge is -2.20. The Labute approximate surface area is 169 Å². The van der Waals surface area contributed by atoms with Crippen LogP contribution < -0.4 is 5.32 Å². The first-order valence-corrected chi connectivity index (χ1v) is 8.71. The topological polar surface area (TPSA) is 57.8 Å². The van der Waals surface area contributed by atoms with E-state index < -0.39 is 0 Å². The Kier molecular flexibility index (Phi) is 6.77. The number of aryl methyl sites for hydroxylation is 2. The molecule has 3 rings (SSSR count). The van der Waals surface area contributed by atoms with Gasteiger partial charge in [-0.15, -0.1) is 35.3 Å². The number of fused-ring (bicyclic) bond motifs is 1. The SMILES string of the molecule is CN=C(NCc1cn2c(C)cccc2n1)N(C)Cc1csc(C)n1.I. The number of thiazole rings is 1. The molecule has 25 heavy (non-hydrogen) atoms. The van der Waals surface area contributed by atoms with Crippen LogP contribution in [0.5, 0.6) is 0 Å². The average molecular weight is 470 g/mol. The maximum absolute atomic E-state index is 4.64. The third-order valence-electron chi connectivity index (χ3n) is 3.81. The molecule has 6 nitrogen and oxygen atoms in total. The van der Waals surface area contributed by atoms with Crippen molar-refractivity contribution in [1.29, 1.82) is 0 Å². The molecule has 0 atom stereocenters.